The van der Waals surface area contributed by atoms with Crippen molar-refractivity contribution in [1.82, 2.24) is 5.32 Å². The Balaban J connectivity index is 4.55. The standard InChI is InChI=1S/C10H17F2NO4/c1-9(2,3)17-8(16)13-6(5-7(14)15)10(4,11)12/h6H,5H2,1-4H3,(H,13,16)(H,14,15). The van der Waals surface area contributed by atoms with Gasteiger partial charge in [0, 0.05) is 6.92 Å². The van der Waals surface area contributed by atoms with Gasteiger partial charge in [-0.05, 0) is 20.8 Å². The molecule has 1 unspecified atom stereocenters. The van der Waals surface area contributed by atoms with Crippen molar-refractivity contribution in [3.8, 4) is 0 Å². The number of carbonyl (C=O) groups excluding carboxylic acids is 1. The second kappa shape index (κ2) is 5.29. The molecular weight excluding hydrogens is 236 g/mol. The van der Waals surface area contributed by atoms with Crippen LogP contribution in [0.2, 0.25) is 0 Å². The highest BCUT2D eigenvalue weighted by Crippen LogP contribution is 2.20. The van der Waals surface area contributed by atoms with Crippen molar-refractivity contribution >= 4 is 12.1 Å². The molecule has 0 rings (SSSR count). The van der Waals surface area contributed by atoms with Crippen molar-refractivity contribution in [1.29, 1.82) is 0 Å². The maximum Gasteiger partial charge on any atom is 0.408 e. The Kier molecular flexibility index (Phi) is 4.85. The van der Waals surface area contributed by atoms with E-state index in [-0.39, 0.29) is 0 Å². The molecule has 1 amide bonds. The molecule has 0 heterocycles. The Hall–Kier alpha value is -1.40. The lowest BCUT2D eigenvalue weighted by Gasteiger charge is -2.26. The van der Waals surface area contributed by atoms with E-state index in [0.717, 1.165) is 0 Å². The smallest absolute Gasteiger partial charge is 0.408 e. The first-order valence-corrected chi connectivity index (χ1v) is 5.01. The van der Waals surface area contributed by atoms with Gasteiger partial charge in [0.05, 0.1) is 6.42 Å². The number of nitrogens with one attached hydrogen (secondary N) is 1. The zero-order valence-corrected chi connectivity index (χ0v) is 10.2. The lowest BCUT2D eigenvalue weighted by molar-refractivity contribution is -0.140. The van der Waals surface area contributed by atoms with Crippen LogP contribution in [0, 0.1) is 0 Å². The number of carbonyl (C=O) groups is 2. The molecule has 17 heavy (non-hydrogen) atoms. The normalized spacial score (nSPS) is 14.0. The molecule has 0 saturated heterocycles. The number of rotatable bonds is 4. The topological polar surface area (TPSA) is 75.6 Å². The number of aliphatic carboxylic acids is 1. The summed E-state index contributed by atoms with van der Waals surface area (Å²) >= 11 is 0. The lowest BCUT2D eigenvalue weighted by Crippen LogP contribution is -2.48. The van der Waals surface area contributed by atoms with Crippen molar-refractivity contribution in [3.05, 3.63) is 0 Å². The largest absolute Gasteiger partial charge is 0.481 e. The maximum atomic E-state index is 13.0. The zero-order chi connectivity index (χ0) is 13.9. The fourth-order valence-electron chi connectivity index (χ4n) is 0.981. The molecule has 0 saturated carbocycles. The van der Waals surface area contributed by atoms with Gasteiger partial charge in [0.1, 0.15) is 11.6 Å². The fourth-order valence-corrected chi connectivity index (χ4v) is 0.981. The average molecular weight is 253 g/mol. The average Bonchev–Trinajstić information content (AvgIpc) is 1.95. The summed E-state index contributed by atoms with van der Waals surface area (Å²) < 4.78 is 30.8. The van der Waals surface area contributed by atoms with E-state index in [1.807, 2.05) is 5.32 Å². The van der Waals surface area contributed by atoms with Gasteiger partial charge in [-0.3, -0.25) is 4.79 Å². The van der Waals surface area contributed by atoms with Crippen LogP contribution in [0.4, 0.5) is 13.6 Å². The second-order valence-corrected chi connectivity index (χ2v) is 4.75. The molecule has 0 aliphatic carbocycles. The van der Waals surface area contributed by atoms with Crippen molar-refractivity contribution < 1.29 is 28.2 Å². The van der Waals surface area contributed by atoms with Crippen LogP contribution < -0.4 is 5.32 Å². The number of carboxylic acids is 1. The van der Waals surface area contributed by atoms with E-state index in [1.54, 1.807) is 20.8 Å². The molecule has 0 bridgehead atoms. The number of alkyl carbamates (subject to hydrolysis) is 1. The molecule has 0 aromatic heterocycles. The maximum absolute atomic E-state index is 13.0. The minimum absolute atomic E-state index is 0.540. The van der Waals surface area contributed by atoms with E-state index in [9.17, 15) is 18.4 Å². The summed E-state index contributed by atoms with van der Waals surface area (Å²) in [4.78, 5) is 21.6. The summed E-state index contributed by atoms with van der Waals surface area (Å²) in [6.45, 7) is 5.26. The Morgan fingerprint density at radius 2 is 1.76 bits per heavy atom. The minimum Gasteiger partial charge on any atom is -0.481 e. The molecule has 0 aliphatic rings. The molecule has 0 aromatic carbocycles. The lowest BCUT2D eigenvalue weighted by atomic mass is 10.1. The van der Waals surface area contributed by atoms with Crippen molar-refractivity contribution in [2.45, 2.75) is 51.7 Å². The number of amides is 1. The van der Waals surface area contributed by atoms with Crippen LogP contribution >= 0.6 is 0 Å². The zero-order valence-electron chi connectivity index (χ0n) is 10.2. The second-order valence-electron chi connectivity index (χ2n) is 4.75. The van der Waals surface area contributed by atoms with Crippen LogP contribution in [-0.4, -0.2) is 34.7 Å². The third-order valence-electron chi connectivity index (χ3n) is 1.68. The molecule has 0 radical (unpaired) electrons. The molecule has 0 aliphatic heterocycles. The van der Waals surface area contributed by atoms with Crippen molar-refractivity contribution in [2.75, 3.05) is 0 Å². The highest BCUT2D eigenvalue weighted by molar-refractivity contribution is 5.71. The minimum atomic E-state index is -3.34. The van der Waals surface area contributed by atoms with Gasteiger partial charge in [-0.2, -0.15) is 0 Å². The number of halogens is 2. The van der Waals surface area contributed by atoms with E-state index < -0.39 is 36.0 Å². The Labute approximate surface area is 98.1 Å². The molecule has 1 atom stereocenters. The van der Waals surface area contributed by atoms with Crippen molar-refractivity contribution in [2.24, 2.45) is 0 Å². The quantitative estimate of drug-likeness (QED) is 0.803. The van der Waals surface area contributed by atoms with Crippen LogP contribution in [0.5, 0.6) is 0 Å². The Bertz CT molecular complexity index is 294. The van der Waals surface area contributed by atoms with Gasteiger partial charge in [0.15, 0.2) is 0 Å². The van der Waals surface area contributed by atoms with Crippen LogP contribution in [-0.2, 0) is 9.53 Å². The van der Waals surface area contributed by atoms with Gasteiger partial charge in [-0.15, -0.1) is 0 Å². The monoisotopic (exact) mass is 253 g/mol. The molecule has 2 N–H and O–H groups in total. The van der Waals surface area contributed by atoms with E-state index in [2.05, 4.69) is 0 Å². The molecule has 5 nitrogen and oxygen atoms in total. The molecule has 100 valence electrons. The van der Waals surface area contributed by atoms with Crippen LogP contribution in [0.25, 0.3) is 0 Å². The molecule has 0 aromatic rings. The Morgan fingerprint density at radius 3 is 2.06 bits per heavy atom. The van der Waals surface area contributed by atoms with Gasteiger partial charge < -0.3 is 15.2 Å². The first kappa shape index (κ1) is 15.6. The Morgan fingerprint density at radius 1 is 1.29 bits per heavy atom. The first-order valence-electron chi connectivity index (χ1n) is 5.01. The molecule has 0 fully saturated rings. The third kappa shape index (κ3) is 7.48. The van der Waals surface area contributed by atoms with E-state index in [0.29, 0.717) is 6.92 Å². The van der Waals surface area contributed by atoms with E-state index in [4.69, 9.17) is 9.84 Å². The molecular formula is C10H17F2NO4. The van der Waals surface area contributed by atoms with E-state index >= 15 is 0 Å². The van der Waals surface area contributed by atoms with Gasteiger partial charge in [-0.1, -0.05) is 0 Å². The van der Waals surface area contributed by atoms with Gasteiger partial charge in [0.25, 0.3) is 5.92 Å². The number of hydrogen-bond donors (Lipinski definition) is 2. The summed E-state index contributed by atoms with van der Waals surface area (Å²) in [6, 6.07) is -1.80. The predicted molar refractivity (Wildman–Crippen MR) is 56.0 cm³/mol. The van der Waals surface area contributed by atoms with Crippen LogP contribution in [0.15, 0.2) is 0 Å². The number of alkyl halides is 2. The van der Waals surface area contributed by atoms with Gasteiger partial charge in [-0.25, -0.2) is 13.6 Å². The predicted octanol–water partition coefficient (Wildman–Crippen LogP) is 2.01. The summed E-state index contributed by atoms with van der Waals surface area (Å²) in [7, 11) is 0. The first-order chi connectivity index (χ1) is 7.42. The van der Waals surface area contributed by atoms with Crippen LogP contribution in [0.3, 0.4) is 0 Å². The summed E-state index contributed by atoms with van der Waals surface area (Å²) in [5.41, 5.74) is -0.832. The number of hydrogen-bond acceptors (Lipinski definition) is 3. The summed E-state index contributed by atoms with van der Waals surface area (Å²) in [5.74, 6) is -4.76. The molecule has 7 heteroatoms. The van der Waals surface area contributed by atoms with Crippen molar-refractivity contribution in [3.63, 3.8) is 0 Å². The summed E-state index contributed by atoms with van der Waals surface area (Å²) in [5, 5.41) is 10.3. The highest BCUT2D eigenvalue weighted by atomic mass is 19.3. The number of ether oxygens (including phenoxy) is 1. The van der Waals surface area contributed by atoms with Crippen LogP contribution in [0.1, 0.15) is 34.1 Å². The highest BCUT2D eigenvalue weighted by Gasteiger charge is 2.37. The summed E-state index contributed by atoms with van der Waals surface area (Å²) in [6.07, 6.45) is -1.94. The molecule has 0 spiro atoms. The SMILES string of the molecule is CC(C)(C)OC(=O)NC(CC(=O)O)C(C)(F)F. The number of carboxylic acid groups (broad SMARTS) is 1. The fraction of sp³-hybridized carbons (Fsp3) is 0.800. The van der Waals surface area contributed by atoms with Gasteiger partial charge in [0.2, 0.25) is 0 Å². The third-order valence-corrected chi connectivity index (χ3v) is 1.68. The van der Waals surface area contributed by atoms with Gasteiger partial charge >= 0.3 is 12.1 Å². The van der Waals surface area contributed by atoms with E-state index in [1.165, 1.54) is 0 Å².